The molecule has 1 N–H and O–H groups in total. The number of aromatic nitrogens is 3. The summed E-state index contributed by atoms with van der Waals surface area (Å²) in [5, 5.41) is 3.90. The van der Waals surface area contributed by atoms with Gasteiger partial charge >= 0.3 is 0 Å². The predicted octanol–water partition coefficient (Wildman–Crippen LogP) is 3.20. The lowest BCUT2D eigenvalue weighted by atomic mass is 10.0. The van der Waals surface area contributed by atoms with Gasteiger partial charge in [-0.05, 0) is 25.3 Å². The maximum atomic E-state index is 12.9. The summed E-state index contributed by atoms with van der Waals surface area (Å²) in [5.74, 6) is 1.02. The average molecular weight is 392 g/mol. The lowest BCUT2D eigenvalue weighted by Crippen LogP contribution is -2.33. The molecule has 1 saturated heterocycles. The van der Waals surface area contributed by atoms with Gasteiger partial charge in [-0.2, -0.15) is 0 Å². The van der Waals surface area contributed by atoms with Crippen molar-refractivity contribution < 1.29 is 9.32 Å². The zero-order valence-electron chi connectivity index (χ0n) is 16.6. The Balaban J connectivity index is 1.60. The van der Waals surface area contributed by atoms with Gasteiger partial charge in [0.1, 0.15) is 11.6 Å². The van der Waals surface area contributed by atoms with Gasteiger partial charge in [0.2, 0.25) is 0 Å². The normalized spacial score (nSPS) is 16.3. The highest BCUT2D eigenvalue weighted by molar-refractivity contribution is 5.92. The number of aryl methyl sites for hydroxylation is 2. The Labute approximate surface area is 168 Å². The van der Waals surface area contributed by atoms with E-state index in [0.29, 0.717) is 47.9 Å². The van der Waals surface area contributed by atoms with E-state index in [4.69, 9.17) is 4.52 Å². The smallest absolute Gasteiger partial charge is 0.276 e. The van der Waals surface area contributed by atoms with Crippen LogP contribution in [0.15, 0.2) is 45.7 Å². The van der Waals surface area contributed by atoms with Gasteiger partial charge in [-0.3, -0.25) is 9.59 Å². The Morgan fingerprint density at radius 1 is 1.31 bits per heavy atom. The Morgan fingerprint density at radius 3 is 2.79 bits per heavy atom. The number of benzene rings is 1. The standard InChI is InChI=1S/C22H24N4O3/c1-3-16-13-18(25-29-16)22(28)26-11-7-10-19(26)20-23-14(2)17(21(27)24-20)12-15-8-5-4-6-9-15/h4-6,8-9,13,19H,3,7,10-12H2,1-2H3,(H,23,24,27)/t19-/m1/s1. The Bertz CT molecular complexity index is 1070. The molecule has 3 aromatic rings. The summed E-state index contributed by atoms with van der Waals surface area (Å²) in [6.07, 6.45) is 2.82. The van der Waals surface area contributed by atoms with Gasteiger partial charge in [0, 0.05) is 36.7 Å². The number of hydrogen-bond acceptors (Lipinski definition) is 5. The first-order valence-corrected chi connectivity index (χ1v) is 9.97. The van der Waals surface area contributed by atoms with Crippen LogP contribution < -0.4 is 5.56 Å². The molecule has 0 bridgehead atoms. The molecule has 1 aliphatic rings. The van der Waals surface area contributed by atoms with Crippen LogP contribution in [0.25, 0.3) is 0 Å². The summed E-state index contributed by atoms with van der Waals surface area (Å²) >= 11 is 0. The molecule has 2 aromatic heterocycles. The van der Waals surface area contributed by atoms with E-state index in [1.54, 1.807) is 11.0 Å². The summed E-state index contributed by atoms with van der Waals surface area (Å²) in [5.41, 5.74) is 2.56. The molecule has 1 fully saturated rings. The molecule has 150 valence electrons. The molecule has 1 amide bonds. The van der Waals surface area contributed by atoms with Crippen molar-refractivity contribution in [2.45, 2.75) is 45.6 Å². The Hall–Kier alpha value is -3.22. The number of nitrogens with zero attached hydrogens (tertiary/aromatic N) is 3. The fourth-order valence-corrected chi connectivity index (χ4v) is 3.82. The minimum absolute atomic E-state index is 0.148. The highest BCUT2D eigenvalue weighted by atomic mass is 16.5. The van der Waals surface area contributed by atoms with Crippen LogP contribution in [0.1, 0.15) is 64.7 Å². The van der Waals surface area contributed by atoms with E-state index in [2.05, 4.69) is 15.1 Å². The van der Waals surface area contributed by atoms with E-state index >= 15 is 0 Å². The largest absolute Gasteiger partial charge is 0.361 e. The van der Waals surface area contributed by atoms with Crippen molar-refractivity contribution in [1.82, 2.24) is 20.0 Å². The fraction of sp³-hybridized carbons (Fsp3) is 0.364. The van der Waals surface area contributed by atoms with Gasteiger partial charge in [0.25, 0.3) is 11.5 Å². The molecule has 1 aromatic carbocycles. The summed E-state index contributed by atoms with van der Waals surface area (Å²) in [4.78, 5) is 35.0. The number of amides is 1. The zero-order chi connectivity index (χ0) is 20.4. The summed E-state index contributed by atoms with van der Waals surface area (Å²) < 4.78 is 5.18. The van der Waals surface area contributed by atoms with Crippen LogP contribution >= 0.6 is 0 Å². The van der Waals surface area contributed by atoms with Crippen molar-refractivity contribution >= 4 is 5.91 Å². The van der Waals surface area contributed by atoms with E-state index < -0.39 is 0 Å². The van der Waals surface area contributed by atoms with E-state index in [1.807, 2.05) is 44.2 Å². The SMILES string of the molecule is CCc1cc(C(=O)N2CCC[C@@H]2c2nc(C)c(Cc3ccccc3)c(=O)[nH]2)no1. The zero-order valence-corrected chi connectivity index (χ0v) is 16.6. The summed E-state index contributed by atoms with van der Waals surface area (Å²) in [6, 6.07) is 11.3. The number of hydrogen-bond donors (Lipinski definition) is 1. The number of carbonyl (C=O) groups excluding carboxylic acids is 1. The molecule has 0 saturated carbocycles. The van der Waals surface area contributed by atoms with Gasteiger partial charge in [0.15, 0.2) is 5.69 Å². The summed E-state index contributed by atoms with van der Waals surface area (Å²) in [7, 11) is 0. The van der Waals surface area contributed by atoms with Gasteiger partial charge in [0.05, 0.1) is 6.04 Å². The van der Waals surface area contributed by atoms with Crippen molar-refractivity contribution in [3.05, 3.63) is 80.9 Å². The topological polar surface area (TPSA) is 92.1 Å². The first-order chi connectivity index (χ1) is 14.1. The molecular formula is C22H24N4O3. The molecule has 7 nitrogen and oxygen atoms in total. The van der Waals surface area contributed by atoms with Crippen molar-refractivity contribution in [3.8, 4) is 0 Å². The molecular weight excluding hydrogens is 368 g/mol. The van der Waals surface area contributed by atoms with Crippen molar-refractivity contribution in [1.29, 1.82) is 0 Å². The van der Waals surface area contributed by atoms with Crippen LogP contribution in [0.2, 0.25) is 0 Å². The third-order valence-electron chi connectivity index (χ3n) is 5.42. The van der Waals surface area contributed by atoms with Crippen LogP contribution in [0.3, 0.4) is 0 Å². The molecule has 7 heteroatoms. The van der Waals surface area contributed by atoms with E-state index in [1.165, 1.54) is 0 Å². The van der Waals surface area contributed by atoms with Crippen LogP contribution in [-0.4, -0.2) is 32.5 Å². The highest BCUT2D eigenvalue weighted by Gasteiger charge is 2.34. The maximum Gasteiger partial charge on any atom is 0.276 e. The molecule has 0 aliphatic carbocycles. The van der Waals surface area contributed by atoms with Gasteiger partial charge in [-0.1, -0.05) is 42.4 Å². The third-order valence-corrected chi connectivity index (χ3v) is 5.42. The minimum atomic E-state index is -0.263. The predicted molar refractivity (Wildman–Crippen MR) is 108 cm³/mol. The van der Waals surface area contributed by atoms with E-state index in [9.17, 15) is 9.59 Å². The molecule has 4 rings (SSSR count). The van der Waals surface area contributed by atoms with Crippen LogP contribution in [0.5, 0.6) is 0 Å². The highest BCUT2D eigenvalue weighted by Crippen LogP contribution is 2.31. The number of aromatic amines is 1. The van der Waals surface area contributed by atoms with Crippen LogP contribution in [0, 0.1) is 6.92 Å². The maximum absolute atomic E-state index is 12.9. The average Bonchev–Trinajstić information content (AvgIpc) is 3.40. The third kappa shape index (κ3) is 3.85. The van der Waals surface area contributed by atoms with Crippen molar-refractivity contribution in [2.75, 3.05) is 6.54 Å². The van der Waals surface area contributed by atoms with Crippen LogP contribution in [0.4, 0.5) is 0 Å². The minimum Gasteiger partial charge on any atom is -0.361 e. The monoisotopic (exact) mass is 392 g/mol. The second-order valence-electron chi connectivity index (χ2n) is 7.37. The van der Waals surface area contributed by atoms with Gasteiger partial charge < -0.3 is 14.4 Å². The number of carbonyl (C=O) groups is 1. The number of likely N-dealkylation sites (tertiary alicyclic amines) is 1. The Kier molecular flexibility index (Phi) is 5.29. The van der Waals surface area contributed by atoms with Crippen molar-refractivity contribution in [3.63, 3.8) is 0 Å². The lowest BCUT2D eigenvalue weighted by molar-refractivity contribution is 0.0719. The van der Waals surface area contributed by atoms with Gasteiger partial charge in [-0.15, -0.1) is 0 Å². The number of H-pyrrole nitrogens is 1. The first-order valence-electron chi connectivity index (χ1n) is 9.97. The van der Waals surface area contributed by atoms with E-state index in [0.717, 1.165) is 18.4 Å². The van der Waals surface area contributed by atoms with Crippen LogP contribution in [-0.2, 0) is 12.8 Å². The molecule has 1 atom stereocenters. The Morgan fingerprint density at radius 2 is 2.10 bits per heavy atom. The number of rotatable bonds is 5. The lowest BCUT2D eigenvalue weighted by Gasteiger charge is -2.23. The molecule has 29 heavy (non-hydrogen) atoms. The van der Waals surface area contributed by atoms with Gasteiger partial charge in [-0.25, -0.2) is 4.98 Å². The number of nitrogens with one attached hydrogen (secondary N) is 1. The molecule has 1 aliphatic heterocycles. The second kappa shape index (κ2) is 8.03. The second-order valence-corrected chi connectivity index (χ2v) is 7.37. The molecule has 0 radical (unpaired) electrons. The molecule has 3 heterocycles. The first kappa shape index (κ1) is 19.1. The quantitative estimate of drug-likeness (QED) is 0.720. The fourth-order valence-electron chi connectivity index (χ4n) is 3.82. The summed E-state index contributed by atoms with van der Waals surface area (Å²) in [6.45, 7) is 4.40. The molecule has 0 spiro atoms. The van der Waals surface area contributed by atoms with E-state index in [-0.39, 0.29) is 17.5 Å². The molecule has 0 unspecified atom stereocenters. The van der Waals surface area contributed by atoms with Crippen molar-refractivity contribution in [2.24, 2.45) is 0 Å².